The first-order valence-corrected chi connectivity index (χ1v) is 5.35. The molecule has 0 aromatic rings. The van der Waals surface area contributed by atoms with Crippen molar-refractivity contribution in [3.8, 4) is 12.3 Å². The lowest BCUT2D eigenvalue weighted by Gasteiger charge is -2.07. The van der Waals surface area contributed by atoms with Gasteiger partial charge in [0.1, 0.15) is 0 Å². The zero-order valence-corrected chi connectivity index (χ0v) is 8.69. The summed E-state index contributed by atoms with van der Waals surface area (Å²) < 4.78 is 0. The molecule has 1 atom stereocenters. The maximum absolute atomic E-state index is 10.6. The zero-order valence-electron chi connectivity index (χ0n) is 7.88. The minimum Gasteiger partial charge on any atom is -0.369 e. The molecule has 1 amide bonds. The second-order valence-electron chi connectivity index (χ2n) is 2.76. The molecule has 13 heavy (non-hydrogen) atoms. The molecule has 0 aromatic heterocycles. The monoisotopic (exact) mass is 200 g/mol. The van der Waals surface area contributed by atoms with Gasteiger partial charge >= 0.3 is 0 Å². The van der Waals surface area contributed by atoms with Crippen LogP contribution in [-0.4, -0.2) is 30.5 Å². The van der Waals surface area contributed by atoms with Gasteiger partial charge < -0.3 is 11.1 Å². The summed E-state index contributed by atoms with van der Waals surface area (Å²) in [6.45, 7) is 3.32. The largest absolute Gasteiger partial charge is 0.369 e. The first kappa shape index (κ1) is 12.3. The third-order valence-corrected chi connectivity index (χ3v) is 2.41. The number of terminal acetylenes is 1. The van der Waals surface area contributed by atoms with Crippen LogP contribution >= 0.6 is 11.8 Å². The molecule has 0 aliphatic heterocycles. The van der Waals surface area contributed by atoms with E-state index in [1.165, 1.54) is 0 Å². The SMILES string of the molecule is C#CCSCCNCC(C)C(N)=O. The summed E-state index contributed by atoms with van der Waals surface area (Å²) in [6, 6.07) is 0. The van der Waals surface area contributed by atoms with Crippen molar-refractivity contribution in [3.63, 3.8) is 0 Å². The van der Waals surface area contributed by atoms with E-state index in [-0.39, 0.29) is 11.8 Å². The van der Waals surface area contributed by atoms with Crippen LogP contribution in [0.3, 0.4) is 0 Å². The van der Waals surface area contributed by atoms with Crippen LogP contribution in [0.5, 0.6) is 0 Å². The predicted molar refractivity (Wildman–Crippen MR) is 57.4 cm³/mol. The minimum absolute atomic E-state index is 0.0994. The van der Waals surface area contributed by atoms with E-state index >= 15 is 0 Å². The normalized spacial score (nSPS) is 12.0. The Morgan fingerprint density at radius 1 is 1.77 bits per heavy atom. The molecule has 0 saturated carbocycles. The Hall–Kier alpha value is -0.660. The molecule has 0 rings (SSSR count). The summed E-state index contributed by atoms with van der Waals surface area (Å²) in [4.78, 5) is 10.6. The molecule has 0 heterocycles. The van der Waals surface area contributed by atoms with E-state index in [2.05, 4.69) is 11.2 Å². The second kappa shape index (κ2) is 7.96. The number of thioether (sulfide) groups is 1. The highest BCUT2D eigenvalue weighted by atomic mass is 32.2. The lowest BCUT2D eigenvalue weighted by Crippen LogP contribution is -2.32. The van der Waals surface area contributed by atoms with E-state index in [1.54, 1.807) is 11.8 Å². The molecule has 4 heteroatoms. The Morgan fingerprint density at radius 3 is 3.00 bits per heavy atom. The molecule has 74 valence electrons. The Kier molecular flexibility index (Phi) is 7.56. The number of primary amides is 1. The summed E-state index contributed by atoms with van der Waals surface area (Å²) in [5, 5.41) is 3.14. The molecule has 0 spiro atoms. The van der Waals surface area contributed by atoms with Crippen LogP contribution in [0.1, 0.15) is 6.92 Å². The fourth-order valence-corrected chi connectivity index (χ4v) is 1.25. The average molecular weight is 200 g/mol. The first-order valence-electron chi connectivity index (χ1n) is 4.19. The zero-order chi connectivity index (χ0) is 10.1. The van der Waals surface area contributed by atoms with Crippen molar-refractivity contribution in [2.45, 2.75) is 6.92 Å². The average Bonchev–Trinajstić information content (AvgIpc) is 2.10. The molecule has 3 N–H and O–H groups in total. The van der Waals surface area contributed by atoms with Gasteiger partial charge in [0, 0.05) is 24.8 Å². The summed E-state index contributed by atoms with van der Waals surface area (Å²) in [6.07, 6.45) is 5.08. The van der Waals surface area contributed by atoms with Gasteiger partial charge in [-0.2, -0.15) is 0 Å². The molecular weight excluding hydrogens is 184 g/mol. The molecule has 3 nitrogen and oxygen atoms in total. The molecule has 1 unspecified atom stereocenters. The van der Waals surface area contributed by atoms with E-state index in [9.17, 15) is 4.79 Å². The lowest BCUT2D eigenvalue weighted by molar-refractivity contribution is -0.121. The van der Waals surface area contributed by atoms with Crippen molar-refractivity contribution in [2.24, 2.45) is 11.7 Å². The van der Waals surface area contributed by atoms with Crippen LogP contribution in [0.25, 0.3) is 0 Å². The quantitative estimate of drug-likeness (QED) is 0.451. The van der Waals surface area contributed by atoms with E-state index in [0.717, 1.165) is 18.1 Å². The summed E-state index contributed by atoms with van der Waals surface area (Å²) in [7, 11) is 0. The van der Waals surface area contributed by atoms with Gasteiger partial charge in [0.05, 0.1) is 5.75 Å². The minimum atomic E-state index is -0.260. The third kappa shape index (κ3) is 7.69. The van der Waals surface area contributed by atoms with Gasteiger partial charge in [-0.25, -0.2) is 0 Å². The Morgan fingerprint density at radius 2 is 2.46 bits per heavy atom. The molecule has 0 aliphatic rings. The fourth-order valence-electron chi connectivity index (χ4n) is 0.695. The first-order chi connectivity index (χ1) is 6.18. The van der Waals surface area contributed by atoms with Crippen molar-refractivity contribution in [2.75, 3.05) is 24.6 Å². The number of amides is 1. The fraction of sp³-hybridized carbons (Fsp3) is 0.667. The van der Waals surface area contributed by atoms with Crippen molar-refractivity contribution in [3.05, 3.63) is 0 Å². The van der Waals surface area contributed by atoms with Gasteiger partial charge in [-0.3, -0.25) is 4.79 Å². The Labute approximate surface area is 83.8 Å². The molecular formula is C9H16N2OS. The molecule has 0 fully saturated rings. The van der Waals surface area contributed by atoms with Gasteiger partial charge in [-0.1, -0.05) is 12.8 Å². The number of carbonyl (C=O) groups is 1. The van der Waals surface area contributed by atoms with Crippen molar-refractivity contribution in [1.82, 2.24) is 5.32 Å². The Balaban J connectivity index is 3.17. The standard InChI is InChI=1S/C9H16N2OS/c1-3-5-13-6-4-11-7-8(2)9(10)12/h1,8,11H,4-7H2,2H3,(H2,10,12). The molecule has 0 aromatic carbocycles. The van der Waals surface area contributed by atoms with Crippen LogP contribution < -0.4 is 11.1 Å². The number of hydrogen-bond donors (Lipinski definition) is 2. The topological polar surface area (TPSA) is 55.1 Å². The number of nitrogens with two attached hydrogens (primary N) is 1. The van der Waals surface area contributed by atoms with Gasteiger partial charge in [0.15, 0.2) is 0 Å². The van der Waals surface area contributed by atoms with Gasteiger partial charge in [-0.05, 0) is 0 Å². The highest BCUT2D eigenvalue weighted by Gasteiger charge is 2.06. The number of hydrogen-bond acceptors (Lipinski definition) is 3. The predicted octanol–water partition coefficient (Wildman–Crippen LogP) is 0.0638. The van der Waals surface area contributed by atoms with Crippen molar-refractivity contribution in [1.29, 1.82) is 0 Å². The van der Waals surface area contributed by atoms with E-state index < -0.39 is 0 Å². The Bertz CT molecular complexity index is 189. The second-order valence-corrected chi connectivity index (χ2v) is 3.87. The van der Waals surface area contributed by atoms with E-state index in [0.29, 0.717) is 6.54 Å². The summed E-state index contributed by atoms with van der Waals surface area (Å²) >= 11 is 1.70. The smallest absolute Gasteiger partial charge is 0.221 e. The van der Waals surface area contributed by atoms with Gasteiger partial charge in [-0.15, -0.1) is 18.2 Å². The lowest BCUT2D eigenvalue weighted by atomic mass is 10.2. The molecule has 0 saturated heterocycles. The highest BCUT2D eigenvalue weighted by Crippen LogP contribution is 1.96. The maximum atomic E-state index is 10.6. The van der Waals surface area contributed by atoms with Crippen LogP contribution in [0.2, 0.25) is 0 Å². The number of carbonyl (C=O) groups excluding carboxylic acids is 1. The molecule has 0 aliphatic carbocycles. The van der Waals surface area contributed by atoms with E-state index in [1.807, 2.05) is 6.92 Å². The van der Waals surface area contributed by atoms with Crippen LogP contribution in [0, 0.1) is 18.3 Å². The van der Waals surface area contributed by atoms with E-state index in [4.69, 9.17) is 12.2 Å². The summed E-state index contributed by atoms with van der Waals surface area (Å²) in [5.74, 6) is 3.90. The van der Waals surface area contributed by atoms with Gasteiger partial charge in [0.25, 0.3) is 0 Å². The van der Waals surface area contributed by atoms with Gasteiger partial charge in [0.2, 0.25) is 5.91 Å². The van der Waals surface area contributed by atoms with Crippen molar-refractivity contribution < 1.29 is 4.79 Å². The van der Waals surface area contributed by atoms with Crippen molar-refractivity contribution >= 4 is 17.7 Å². The third-order valence-electron chi connectivity index (χ3n) is 1.54. The maximum Gasteiger partial charge on any atom is 0.221 e. The van der Waals surface area contributed by atoms with Crippen LogP contribution in [-0.2, 0) is 4.79 Å². The molecule has 0 radical (unpaired) electrons. The van der Waals surface area contributed by atoms with Crippen LogP contribution in [0.15, 0.2) is 0 Å². The number of rotatable bonds is 7. The van der Waals surface area contributed by atoms with Crippen LogP contribution in [0.4, 0.5) is 0 Å². The molecule has 0 bridgehead atoms. The highest BCUT2D eigenvalue weighted by molar-refractivity contribution is 7.99. The summed E-state index contributed by atoms with van der Waals surface area (Å²) in [5.41, 5.74) is 5.09. The number of nitrogens with one attached hydrogen (secondary N) is 1.